The number of anilines is 1. The number of imide groups is 1. The standard InChI is InChI=1S/C24H21NO4S2/c1-3-28-18-13-12-16(15-19(18)29-4-2)25-23(26)21(20-11-8-14-30-20)22(24(25)27)31-17-9-6-5-7-10-17/h5-15H,3-4H2,1-2H3. The molecule has 31 heavy (non-hydrogen) atoms. The van der Waals surface area contributed by atoms with Crippen LogP contribution in [-0.4, -0.2) is 25.0 Å². The van der Waals surface area contributed by atoms with E-state index in [1.54, 1.807) is 18.2 Å². The minimum Gasteiger partial charge on any atom is -0.490 e. The van der Waals surface area contributed by atoms with E-state index in [-0.39, 0.29) is 11.8 Å². The van der Waals surface area contributed by atoms with Gasteiger partial charge >= 0.3 is 0 Å². The van der Waals surface area contributed by atoms with E-state index in [4.69, 9.17) is 9.47 Å². The highest BCUT2D eigenvalue weighted by Crippen LogP contribution is 2.43. The molecule has 0 atom stereocenters. The highest BCUT2D eigenvalue weighted by atomic mass is 32.2. The van der Waals surface area contributed by atoms with Gasteiger partial charge in [-0.3, -0.25) is 9.59 Å². The minimum atomic E-state index is -0.339. The molecule has 0 aliphatic carbocycles. The van der Waals surface area contributed by atoms with Crippen LogP contribution in [0.4, 0.5) is 5.69 Å². The Morgan fingerprint density at radius 3 is 2.29 bits per heavy atom. The third kappa shape index (κ3) is 4.24. The molecule has 2 aromatic carbocycles. The van der Waals surface area contributed by atoms with Gasteiger partial charge in [0.2, 0.25) is 0 Å². The van der Waals surface area contributed by atoms with Crippen molar-refractivity contribution in [1.29, 1.82) is 0 Å². The summed E-state index contributed by atoms with van der Waals surface area (Å²) < 4.78 is 11.3. The van der Waals surface area contributed by atoms with Crippen molar-refractivity contribution in [2.45, 2.75) is 18.7 Å². The molecule has 158 valence electrons. The summed E-state index contributed by atoms with van der Waals surface area (Å²) in [6, 6.07) is 18.5. The normalized spacial score (nSPS) is 13.8. The lowest BCUT2D eigenvalue weighted by Crippen LogP contribution is -2.31. The molecular formula is C24H21NO4S2. The Kier molecular flexibility index (Phi) is 6.44. The van der Waals surface area contributed by atoms with Crippen LogP contribution < -0.4 is 14.4 Å². The quantitative estimate of drug-likeness (QED) is 0.416. The molecule has 2 amide bonds. The summed E-state index contributed by atoms with van der Waals surface area (Å²) in [5.74, 6) is 0.410. The number of ether oxygens (including phenoxy) is 2. The number of thiophene rings is 1. The number of amides is 2. The Morgan fingerprint density at radius 1 is 0.871 bits per heavy atom. The second-order valence-corrected chi connectivity index (χ2v) is 8.57. The molecule has 0 bridgehead atoms. The third-order valence-corrected chi connectivity index (χ3v) is 6.54. The van der Waals surface area contributed by atoms with Gasteiger partial charge in [-0.15, -0.1) is 11.3 Å². The molecule has 7 heteroatoms. The van der Waals surface area contributed by atoms with Crippen LogP contribution in [0.25, 0.3) is 5.57 Å². The van der Waals surface area contributed by atoms with E-state index in [2.05, 4.69) is 0 Å². The second kappa shape index (κ2) is 9.41. The molecule has 3 aromatic rings. The van der Waals surface area contributed by atoms with Gasteiger partial charge in [-0.1, -0.05) is 36.0 Å². The molecule has 5 nitrogen and oxygen atoms in total. The summed E-state index contributed by atoms with van der Waals surface area (Å²) in [7, 11) is 0. The SMILES string of the molecule is CCOc1ccc(N2C(=O)C(Sc3ccccc3)=C(c3cccs3)C2=O)cc1OCC. The largest absolute Gasteiger partial charge is 0.490 e. The van der Waals surface area contributed by atoms with Crippen molar-refractivity contribution < 1.29 is 19.1 Å². The van der Waals surface area contributed by atoms with Crippen LogP contribution in [0, 0.1) is 0 Å². The topological polar surface area (TPSA) is 55.8 Å². The fourth-order valence-electron chi connectivity index (χ4n) is 3.26. The molecule has 1 aliphatic heterocycles. The van der Waals surface area contributed by atoms with E-state index >= 15 is 0 Å². The molecule has 0 radical (unpaired) electrons. The third-order valence-electron chi connectivity index (χ3n) is 4.56. The van der Waals surface area contributed by atoms with E-state index in [0.717, 1.165) is 9.77 Å². The van der Waals surface area contributed by atoms with Crippen molar-refractivity contribution in [3.8, 4) is 11.5 Å². The molecule has 0 unspecified atom stereocenters. The lowest BCUT2D eigenvalue weighted by atomic mass is 10.2. The van der Waals surface area contributed by atoms with Crippen LogP contribution in [-0.2, 0) is 9.59 Å². The zero-order valence-electron chi connectivity index (χ0n) is 17.2. The fraction of sp³-hybridized carbons (Fsp3) is 0.167. The highest BCUT2D eigenvalue weighted by Gasteiger charge is 2.41. The Morgan fingerprint density at radius 2 is 1.61 bits per heavy atom. The van der Waals surface area contributed by atoms with Crippen LogP contribution in [0.15, 0.2) is 75.8 Å². The monoisotopic (exact) mass is 451 g/mol. The fourth-order valence-corrected chi connectivity index (χ4v) is 5.10. The first-order valence-corrected chi connectivity index (χ1v) is 11.6. The average Bonchev–Trinajstić information content (AvgIpc) is 3.37. The van der Waals surface area contributed by atoms with Gasteiger partial charge in [-0.25, -0.2) is 4.90 Å². The maximum atomic E-state index is 13.5. The van der Waals surface area contributed by atoms with Gasteiger partial charge < -0.3 is 9.47 Å². The Hall–Kier alpha value is -3.03. The predicted octanol–water partition coefficient (Wildman–Crippen LogP) is 5.62. The number of carbonyl (C=O) groups is 2. The van der Waals surface area contributed by atoms with Gasteiger partial charge in [0.1, 0.15) is 0 Å². The maximum Gasteiger partial charge on any atom is 0.272 e. The predicted molar refractivity (Wildman–Crippen MR) is 125 cm³/mol. The molecule has 1 aromatic heterocycles. The molecule has 1 aliphatic rings. The molecular weight excluding hydrogens is 430 g/mol. The van der Waals surface area contributed by atoms with Crippen LogP contribution in [0.2, 0.25) is 0 Å². The van der Waals surface area contributed by atoms with Crippen LogP contribution in [0.1, 0.15) is 18.7 Å². The second-order valence-electron chi connectivity index (χ2n) is 6.54. The van der Waals surface area contributed by atoms with Crippen molar-refractivity contribution >= 4 is 46.2 Å². The summed E-state index contributed by atoms with van der Waals surface area (Å²) in [5, 5.41) is 1.90. The number of nitrogens with zero attached hydrogens (tertiary/aromatic N) is 1. The van der Waals surface area contributed by atoms with E-state index < -0.39 is 0 Å². The molecule has 0 saturated carbocycles. The van der Waals surface area contributed by atoms with Gasteiger partial charge in [0, 0.05) is 15.8 Å². The molecule has 0 N–H and O–H groups in total. The van der Waals surface area contributed by atoms with Gasteiger partial charge in [0.15, 0.2) is 11.5 Å². The molecule has 4 rings (SSSR count). The van der Waals surface area contributed by atoms with E-state index in [1.165, 1.54) is 28.0 Å². The van der Waals surface area contributed by atoms with E-state index in [9.17, 15) is 9.59 Å². The molecule has 0 spiro atoms. The smallest absolute Gasteiger partial charge is 0.272 e. The molecule has 2 heterocycles. The van der Waals surface area contributed by atoms with Gasteiger partial charge in [-0.05, 0) is 49.6 Å². The summed E-state index contributed by atoms with van der Waals surface area (Å²) in [5.41, 5.74) is 0.889. The van der Waals surface area contributed by atoms with Crippen molar-refractivity contribution in [2.24, 2.45) is 0 Å². The lowest BCUT2D eigenvalue weighted by Gasteiger charge is -2.18. The minimum absolute atomic E-state index is 0.336. The Bertz CT molecular complexity index is 1120. The van der Waals surface area contributed by atoms with Crippen LogP contribution in [0.3, 0.4) is 0 Å². The summed E-state index contributed by atoms with van der Waals surface area (Å²) >= 11 is 2.75. The average molecular weight is 452 g/mol. The lowest BCUT2D eigenvalue weighted by molar-refractivity contribution is -0.119. The van der Waals surface area contributed by atoms with E-state index in [0.29, 0.717) is 40.9 Å². The van der Waals surface area contributed by atoms with Crippen molar-refractivity contribution in [2.75, 3.05) is 18.1 Å². The number of hydrogen-bond donors (Lipinski definition) is 0. The number of rotatable bonds is 8. The van der Waals surface area contributed by atoms with Crippen molar-refractivity contribution in [3.05, 3.63) is 75.8 Å². The van der Waals surface area contributed by atoms with Crippen LogP contribution in [0.5, 0.6) is 11.5 Å². The Balaban J connectivity index is 1.75. The maximum absolute atomic E-state index is 13.5. The highest BCUT2D eigenvalue weighted by molar-refractivity contribution is 8.04. The first kappa shape index (κ1) is 21.2. The first-order valence-electron chi connectivity index (χ1n) is 9.93. The summed E-state index contributed by atoms with van der Waals surface area (Å²) in [6.07, 6.45) is 0. The summed E-state index contributed by atoms with van der Waals surface area (Å²) in [4.78, 5) is 30.2. The van der Waals surface area contributed by atoms with Crippen LogP contribution >= 0.6 is 23.1 Å². The van der Waals surface area contributed by atoms with Crippen molar-refractivity contribution in [1.82, 2.24) is 0 Å². The first-order chi connectivity index (χ1) is 15.1. The van der Waals surface area contributed by atoms with Gasteiger partial charge in [-0.2, -0.15) is 0 Å². The zero-order valence-corrected chi connectivity index (χ0v) is 18.8. The Labute approximate surface area is 189 Å². The van der Waals surface area contributed by atoms with Crippen molar-refractivity contribution in [3.63, 3.8) is 0 Å². The molecule has 0 fully saturated rings. The molecule has 0 saturated heterocycles. The number of benzene rings is 2. The van der Waals surface area contributed by atoms with E-state index in [1.807, 2.05) is 61.7 Å². The number of hydrogen-bond acceptors (Lipinski definition) is 6. The number of thioether (sulfide) groups is 1. The van der Waals surface area contributed by atoms with Gasteiger partial charge in [0.05, 0.1) is 29.4 Å². The summed E-state index contributed by atoms with van der Waals surface area (Å²) in [6.45, 7) is 4.70. The van der Waals surface area contributed by atoms with Gasteiger partial charge in [0.25, 0.3) is 11.8 Å². The number of carbonyl (C=O) groups excluding carboxylic acids is 2. The zero-order chi connectivity index (χ0) is 21.8.